The van der Waals surface area contributed by atoms with Gasteiger partial charge in [-0.15, -0.1) is 0 Å². The minimum Gasteiger partial charge on any atom is -0.354 e. The van der Waals surface area contributed by atoms with Gasteiger partial charge in [-0.25, -0.2) is 22.8 Å². The van der Waals surface area contributed by atoms with Gasteiger partial charge in [0.25, 0.3) is 0 Å². The topological polar surface area (TPSA) is 71.3 Å². The molecule has 2 aromatic heterocycles. The predicted molar refractivity (Wildman–Crippen MR) is 104 cm³/mol. The largest absolute Gasteiger partial charge is 0.354 e. The molecule has 1 aliphatic rings. The lowest BCUT2D eigenvalue weighted by molar-refractivity contribution is 0.383. The van der Waals surface area contributed by atoms with Crippen molar-refractivity contribution in [2.45, 2.75) is 5.75 Å². The minimum atomic E-state index is -3.50. The summed E-state index contributed by atoms with van der Waals surface area (Å²) in [5.74, 6) is 0.896. The Labute approximate surface area is 163 Å². The van der Waals surface area contributed by atoms with Crippen molar-refractivity contribution >= 4 is 15.8 Å². The molecule has 0 unspecified atom stereocenters. The van der Waals surface area contributed by atoms with E-state index in [4.69, 9.17) is 0 Å². The molecule has 1 aliphatic heterocycles. The van der Waals surface area contributed by atoms with Crippen LogP contribution in [0.15, 0.2) is 61.2 Å². The van der Waals surface area contributed by atoms with Gasteiger partial charge in [-0.2, -0.15) is 4.31 Å². The highest BCUT2D eigenvalue weighted by Gasteiger charge is 2.27. The van der Waals surface area contributed by atoms with Crippen LogP contribution in [-0.4, -0.2) is 53.4 Å². The van der Waals surface area contributed by atoms with Gasteiger partial charge in [0.2, 0.25) is 10.0 Å². The summed E-state index contributed by atoms with van der Waals surface area (Å²) in [6.45, 7) is 1.79. The highest BCUT2D eigenvalue weighted by atomic mass is 32.2. The zero-order valence-corrected chi connectivity index (χ0v) is 16.0. The zero-order chi connectivity index (χ0) is 19.6. The first kappa shape index (κ1) is 18.6. The summed E-state index contributed by atoms with van der Waals surface area (Å²) >= 11 is 0. The molecule has 0 saturated carbocycles. The van der Waals surface area contributed by atoms with Crippen LogP contribution < -0.4 is 4.90 Å². The smallest absolute Gasteiger partial charge is 0.218 e. The first-order valence-corrected chi connectivity index (χ1v) is 10.5. The Balaban J connectivity index is 1.42. The molecule has 3 aromatic rings. The second kappa shape index (κ2) is 7.69. The maximum absolute atomic E-state index is 13.3. The van der Waals surface area contributed by atoms with Crippen LogP contribution in [0, 0.1) is 5.82 Å². The molecule has 0 N–H and O–H groups in total. The number of hydrogen-bond donors (Lipinski definition) is 0. The van der Waals surface area contributed by atoms with Gasteiger partial charge in [0.15, 0.2) is 0 Å². The Morgan fingerprint density at radius 2 is 1.64 bits per heavy atom. The molecule has 0 spiro atoms. The van der Waals surface area contributed by atoms with E-state index >= 15 is 0 Å². The van der Waals surface area contributed by atoms with Crippen molar-refractivity contribution < 1.29 is 12.8 Å². The van der Waals surface area contributed by atoms with Crippen LogP contribution in [0.5, 0.6) is 0 Å². The van der Waals surface area contributed by atoms with E-state index in [0.717, 1.165) is 11.6 Å². The number of benzene rings is 1. The third kappa shape index (κ3) is 4.05. The van der Waals surface area contributed by atoms with Gasteiger partial charge in [0.05, 0.1) is 5.75 Å². The molecule has 0 atom stereocenters. The minimum absolute atomic E-state index is 0.198. The van der Waals surface area contributed by atoms with Crippen LogP contribution in [0.25, 0.3) is 5.82 Å². The lowest BCUT2D eigenvalue weighted by Crippen LogP contribution is -2.49. The van der Waals surface area contributed by atoms with Gasteiger partial charge in [0, 0.05) is 44.6 Å². The fourth-order valence-corrected chi connectivity index (χ4v) is 4.77. The number of anilines is 1. The summed E-state index contributed by atoms with van der Waals surface area (Å²) in [5, 5.41) is 0. The molecule has 1 fully saturated rings. The normalized spacial score (nSPS) is 15.7. The maximum Gasteiger partial charge on any atom is 0.218 e. The van der Waals surface area contributed by atoms with E-state index in [0.29, 0.717) is 31.7 Å². The number of hydrogen-bond acceptors (Lipinski definition) is 5. The van der Waals surface area contributed by atoms with Crippen molar-refractivity contribution in [3.05, 3.63) is 72.6 Å². The molecule has 9 heteroatoms. The van der Waals surface area contributed by atoms with Gasteiger partial charge in [-0.3, -0.25) is 0 Å². The Kier molecular flexibility index (Phi) is 5.10. The van der Waals surface area contributed by atoms with Crippen LogP contribution in [0.2, 0.25) is 0 Å². The fourth-order valence-electron chi connectivity index (χ4n) is 3.26. The molecule has 28 heavy (non-hydrogen) atoms. The highest BCUT2D eigenvalue weighted by molar-refractivity contribution is 7.88. The van der Waals surface area contributed by atoms with Gasteiger partial charge >= 0.3 is 0 Å². The van der Waals surface area contributed by atoms with Crippen molar-refractivity contribution in [2.75, 3.05) is 31.1 Å². The first-order valence-electron chi connectivity index (χ1n) is 8.94. The molecule has 0 amide bonds. The molecule has 3 heterocycles. The summed E-state index contributed by atoms with van der Waals surface area (Å²) in [4.78, 5) is 10.6. The maximum atomic E-state index is 13.3. The van der Waals surface area contributed by atoms with Crippen LogP contribution in [0.4, 0.5) is 10.2 Å². The second-order valence-corrected chi connectivity index (χ2v) is 8.57. The van der Waals surface area contributed by atoms with E-state index in [1.54, 1.807) is 6.07 Å². The van der Waals surface area contributed by atoms with E-state index in [1.807, 2.05) is 40.1 Å². The lowest BCUT2D eigenvalue weighted by atomic mass is 10.2. The third-order valence-electron chi connectivity index (χ3n) is 4.70. The van der Waals surface area contributed by atoms with Crippen molar-refractivity contribution in [1.82, 2.24) is 18.8 Å². The van der Waals surface area contributed by atoms with Crippen molar-refractivity contribution in [1.29, 1.82) is 0 Å². The molecular weight excluding hydrogens is 381 g/mol. The summed E-state index contributed by atoms with van der Waals surface area (Å²) in [7, 11) is -3.50. The Hall–Kier alpha value is -2.78. The van der Waals surface area contributed by atoms with Crippen molar-refractivity contribution in [2.24, 2.45) is 0 Å². The van der Waals surface area contributed by atoms with E-state index in [1.165, 1.54) is 28.8 Å². The summed E-state index contributed by atoms with van der Waals surface area (Å²) in [5.41, 5.74) is 0.453. The van der Waals surface area contributed by atoms with E-state index in [9.17, 15) is 12.8 Å². The van der Waals surface area contributed by atoms with Crippen LogP contribution >= 0.6 is 0 Å². The van der Waals surface area contributed by atoms with Gasteiger partial charge < -0.3 is 9.47 Å². The summed E-state index contributed by atoms with van der Waals surface area (Å²) in [6.07, 6.45) is 5.32. The summed E-state index contributed by atoms with van der Waals surface area (Å²) < 4.78 is 42.0. The number of piperazine rings is 1. The summed E-state index contributed by atoms with van der Waals surface area (Å²) in [6, 6.07) is 11.4. The fraction of sp³-hybridized carbons (Fsp3) is 0.263. The number of rotatable bonds is 5. The Bertz CT molecular complexity index is 1050. The SMILES string of the molecule is O=S(=O)(Cc1cccc(F)c1)N1CCN(c2cc(-n3cccc3)ncn2)CC1. The van der Waals surface area contributed by atoms with E-state index in [2.05, 4.69) is 9.97 Å². The van der Waals surface area contributed by atoms with Crippen molar-refractivity contribution in [3.63, 3.8) is 0 Å². The van der Waals surface area contributed by atoms with E-state index in [-0.39, 0.29) is 5.75 Å². The number of aromatic nitrogens is 3. The average Bonchev–Trinajstić information content (AvgIpc) is 3.23. The molecular formula is C19H20FN5O2S. The lowest BCUT2D eigenvalue weighted by Gasteiger charge is -2.34. The van der Waals surface area contributed by atoms with Crippen LogP contribution in [-0.2, 0) is 15.8 Å². The van der Waals surface area contributed by atoms with Crippen LogP contribution in [0.1, 0.15) is 5.56 Å². The monoisotopic (exact) mass is 401 g/mol. The Morgan fingerprint density at radius 3 is 2.36 bits per heavy atom. The van der Waals surface area contributed by atoms with Gasteiger partial charge in [-0.1, -0.05) is 12.1 Å². The molecule has 1 aromatic carbocycles. The number of nitrogens with zero attached hydrogens (tertiary/aromatic N) is 5. The Morgan fingerprint density at radius 1 is 0.929 bits per heavy atom. The number of sulfonamides is 1. The molecule has 0 aliphatic carbocycles. The van der Waals surface area contributed by atoms with Gasteiger partial charge in [-0.05, 0) is 29.8 Å². The zero-order valence-electron chi connectivity index (χ0n) is 15.1. The molecule has 7 nitrogen and oxygen atoms in total. The van der Waals surface area contributed by atoms with E-state index < -0.39 is 15.8 Å². The van der Waals surface area contributed by atoms with Gasteiger partial charge in [0.1, 0.15) is 23.8 Å². The third-order valence-corrected chi connectivity index (χ3v) is 6.55. The predicted octanol–water partition coefficient (Wildman–Crippen LogP) is 2.06. The molecule has 0 bridgehead atoms. The standard InChI is InChI=1S/C19H20FN5O2S/c20-17-5-3-4-16(12-17)14-28(26,27)25-10-8-24(9-11-25)19-13-18(21-15-22-19)23-6-1-2-7-23/h1-7,12-13,15H,8-11,14H2. The van der Waals surface area contributed by atoms with Crippen LogP contribution in [0.3, 0.4) is 0 Å². The number of halogens is 1. The molecule has 4 rings (SSSR count). The molecule has 0 radical (unpaired) electrons. The molecule has 1 saturated heterocycles. The quantitative estimate of drug-likeness (QED) is 0.655. The highest BCUT2D eigenvalue weighted by Crippen LogP contribution is 2.19. The first-order chi connectivity index (χ1) is 13.5. The van der Waals surface area contributed by atoms with Crippen molar-refractivity contribution in [3.8, 4) is 5.82 Å². The average molecular weight is 401 g/mol. The molecule has 146 valence electrons. The second-order valence-electron chi connectivity index (χ2n) is 6.60.